The fourth-order valence-electron chi connectivity index (χ4n) is 7.23. The molecule has 0 aliphatic carbocycles. The molecule has 2 atom stereocenters. The van der Waals surface area contributed by atoms with E-state index in [2.05, 4.69) is 56.5 Å². The summed E-state index contributed by atoms with van der Waals surface area (Å²) < 4.78 is 30.4. The van der Waals surface area contributed by atoms with E-state index in [-0.39, 0.29) is 19.3 Å². The third kappa shape index (κ3) is 14.0. The number of fused-ring (bicyclic) bond motifs is 1. The van der Waals surface area contributed by atoms with Gasteiger partial charge in [-0.25, -0.2) is 15.0 Å². The van der Waals surface area contributed by atoms with Gasteiger partial charge in [0.1, 0.15) is 18.2 Å². The number of hydrogen-bond acceptors (Lipinski definition) is 8. The van der Waals surface area contributed by atoms with E-state index in [1.165, 1.54) is 76.6 Å². The van der Waals surface area contributed by atoms with E-state index in [1.807, 2.05) is 0 Å². The van der Waals surface area contributed by atoms with Gasteiger partial charge in [-0.05, 0) is 13.3 Å². The molecule has 0 fully saturated rings. The Kier molecular flexibility index (Phi) is 19.1. The Morgan fingerprint density at radius 2 is 1.33 bits per heavy atom. The van der Waals surface area contributed by atoms with E-state index in [0.29, 0.717) is 30.1 Å². The van der Waals surface area contributed by atoms with Crippen LogP contribution >= 0.6 is 7.60 Å². The lowest BCUT2D eigenvalue weighted by molar-refractivity contribution is 0.0610. The number of aromatic nitrogens is 4. The molecule has 3 N–H and O–H groups in total. The molecule has 46 heavy (non-hydrogen) atoms. The molecule has 2 rings (SSSR count). The van der Waals surface area contributed by atoms with E-state index in [9.17, 15) is 9.46 Å². The van der Waals surface area contributed by atoms with Gasteiger partial charge in [-0.2, -0.15) is 0 Å². The summed E-state index contributed by atoms with van der Waals surface area (Å²) in [6, 6.07) is 1.51. The van der Waals surface area contributed by atoms with Crippen molar-refractivity contribution in [1.29, 1.82) is 0 Å². The largest absolute Gasteiger partial charge is 0.382 e. The van der Waals surface area contributed by atoms with Crippen LogP contribution in [0.15, 0.2) is 12.7 Å². The van der Waals surface area contributed by atoms with Crippen molar-refractivity contribution >= 4 is 32.7 Å². The van der Waals surface area contributed by atoms with Crippen LogP contribution in [0.25, 0.3) is 11.2 Å². The van der Waals surface area contributed by atoms with Gasteiger partial charge in [0.15, 0.2) is 11.5 Å². The lowest BCUT2D eigenvalue weighted by atomic mass is 10.1. The number of unbranched alkanes of at least 4 members (excludes halogenated alkanes) is 11. The van der Waals surface area contributed by atoms with Gasteiger partial charge in [0.2, 0.25) is 0 Å². The number of nitrogen functional groups attached to an aromatic ring is 1. The van der Waals surface area contributed by atoms with Gasteiger partial charge in [0.05, 0.1) is 40.3 Å². The van der Waals surface area contributed by atoms with Crippen LogP contribution in [0.5, 0.6) is 0 Å². The van der Waals surface area contributed by atoms with E-state index >= 15 is 0 Å². The molecule has 0 bridgehead atoms. The van der Waals surface area contributed by atoms with Crippen molar-refractivity contribution in [2.24, 2.45) is 0 Å². The van der Waals surface area contributed by atoms with Crippen LogP contribution in [-0.2, 0) is 25.1 Å². The summed E-state index contributed by atoms with van der Waals surface area (Å²) in [5.41, 5.74) is 9.58. The lowest BCUT2D eigenvalue weighted by Gasteiger charge is -2.43. The number of hydrogen-bond donors (Lipinski definition) is 2. The Morgan fingerprint density at radius 1 is 0.783 bits per heavy atom. The topological polar surface area (TPSA) is 135 Å². The molecule has 266 valence electrons. The summed E-state index contributed by atoms with van der Waals surface area (Å²) in [7, 11) is -5.08. The summed E-state index contributed by atoms with van der Waals surface area (Å²) in [6.07, 6.45) is 18.0. The Morgan fingerprint density at radius 3 is 1.89 bits per heavy atom. The molecule has 2 aromatic heterocycles. The van der Waals surface area contributed by atoms with Crippen molar-refractivity contribution in [2.45, 2.75) is 161 Å². The standard InChI is InChI=1S/C34H66N5O5PSi/c1-28(2)46(29(3)4,30(5)6)23-19-17-15-13-11-9-8-10-12-14-16-18-20-42-21-22-44-45(40,41)27-43-31(7)24-39-26-38-32-33(35)36-25-37-34(32)39/h25-26,28-31H,8-24,27H2,1-7H3,(H,40,41)(H2,35,36,37)/t31-/m1/s1. The average Bonchev–Trinajstić information content (AvgIpc) is 3.40. The first-order chi connectivity index (χ1) is 21.9. The van der Waals surface area contributed by atoms with E-state index in [1.54, 1.807) is 17.8 Å². The smallest absolute Gasteiger partial charge is 0.353 e. The number of rotatable bonds is 27. The van der Waals surface area contributed by atoms with Crippen molar-refractivity contribution in [1.82, 2.24) is 19.5 Å². The van der Waals surface area contributed by atoms with Crippen molar-refractivity contribution < 1.29 is 23.5 Å². The van der Waals surface area contributed by atoms with Gasteiger partial charge in [0.25, 0.3) is 0 Å². The molecule has 1 unspecified atom stereocenters. The summed E-state index contributed by atoms with van der Waals surface area (Å²) in [6.45, 7) is 18.1. The minimum Gasteiger partial charge on any atom is -0.382 e. The average molecular weight is 684 g/mol. The predicted octanol–water partition coefficient (Wildman–Crippen LogP) is 9.35. The van der Waals surface area contributed by atoms with Gasteiger partial charge < -0.3 is 29.2 Å². The second-order valence-corrected chi connectivity index (χ2v) is 22.1. The summed E-state index contributed by atoms with van der Waals surface area (Å²) >= 11 is 0. The van der Waals surface area contributed by atoms with Gasteiger partial charge >= 0.3 is 7.60 Å². The second kappa shape index (κ2) is 21.6. The number of nitrogens with zero attached hydrogens (tertiary/aromatic N) is 4. The quantitative estimate of drug-likeness (QED) is 0.0536. The zero-order valence-corrected chi connectivity index (χ0v) is 32.0. The zero-order valence-electron chi connectivity index (χ0n) is 30.1. The van der Waals surface area contributed by atoms with Crippen LogP contribution in [-0.4, -0.2) is 64.8 Å². The summed E-state index contributed by atoms with van der Waals surface area (Å²) in [5, 5.41) is 0. The highest BCUT2D eigenvalue weighted by molar-refractivity contribution is 7.52. The maximum Gasteiger partial charge on any atom is 0.353 e. The number of nitrogens with two attached hydrogens (primary N) is 1. The van der Waals surface area contributed by atoms with Gasteiger partial charge in [0, 0.05) is 6.61 Å². The molecule has 0 amide bonds. The first-order valence-electron chi connectivity index (χ1n) is 18.0. The first kappa shape index (κ1) is 40.8. The van der Waals surface area contributed by atoms with Crippen LogP contribution in [0.1, 0.15) is 126 Å². The fraction of sp³-hybridized carbons (Fsp3) is 0.853. The second-order valence-electron chi connectivity index (χ2n) is 14.1. The van der Waals surface area contributed by atoms with Crippen LogP contribution in [0.4, 0.5) is 5.82 Å². The maximum atomic E-state index is 12.3. The number of anilines is 1. The Balaban J connectivity index is 1.39. The zero-order chi connectivity index (χ0) is 34.0. The first-order valence-corrected chi connectivity index (χ1v) is 22.2. The third-order valence-corrected chi connectivity index (χ3v) is 18.5. The van der Waals surface area contributed by atoms with Gasteiger partial charge in [-0.1, -0.05) is 135 Å². The van der Waals surface area contributed by atoms with E-state index in [0.717, 1.165) is 29.5 Å². The highest BCUT2D eigenvalue weighted by Crippen LogP contribution is 2.45. The molecule has 12 heteroatoms. The molecule has 0 aromatic carbocycles. The molecule has 0 radical (unpaired) electrons. The summed E-state index contributed by atoms with van der Waals surface area (Å²) in [4.78, 5) is 22.4. The Labute approximate surface area is 280 Å². The monoisotopic (exact) mass is 683 g/mol. The lowest BCUT2D eigenvalue weighted by Crippen LogP contribution is -2.44. The Hall–Kier alpha value is -1.36. The highest BCUT2D eigenvalue weighted by Gasteiger charge is 2.41. The molecule has 0 aliphatic heterocycles. The molecule has 2 heterocycles. The fourth-order valence-corrected chi connectivity index (χ4v) is 14.7. The van der Waals surface area contributed by atoms with Crippen molar-refractivity contribution in [2.75, 3.05) is 31.9 Å². The molecule has 10 nitrogen and oxygen atoms in total. The minimum absolute atomic E-state index is 0.0597. The molecular formula is C34H66N5O5PSi. The minimum atomic E-state index is -3.87. The maximum absolute atomic E-state index is 12.3. The number of imidazole rings is 1. The normalized spacial score (nSPS) is 14.6. The van der Waals surface area contributed by atoms with Crippen LogP contribution in [0, 0.1) is 0 Å². The SMILES string of the molecule is CC(C)[Si](CCCCCCCCCCCCCCOCCOP(=O)(O)CO[C@H](C)Cn1cnc2c(N)ncnc21)(C(C)C)C(C)C. The molecule has 0 aliphatic rings. The van der Waals surface area contributed by atoms with Gasteiger partial charge in [-0.15, -0.1) is 0 Å². The van der Waals surface area contributed by atoms with Crippen molar-refractivity contribution in [3.8, 4) is 0 Å². The van der Waals surface area contributed by atoms with Crippen LogP contribution < -0.4 is 5.73 Å². The van der Waals surface area contributed by atoms with E-state index in [4.69, 9.17) is 19.7 Å². The Bertz CT molecular complexity index is 1130. The molecule has 0 spiro atoms. The van der Waals surface area contributed by atoms with Gasteiger partial charge in [-0.3, -0.25) is 4.57 Å². The highest BCUT2D eigenvalue weighted by atomic mass is 31.2. The van der Waals surface area contributed by atoms with Crippen LogP contribution in [0.2, 0.25) is 22.7 Å². The predicted molar refractivity (Wildman–Crippen MR) is 193 cm³/mol. The molecule has 0 saturated carbocycles. The van der Waals surface area contributed by atoms with Crippen molar-refractivity contribution in [3.05, 3.63) is 12.7 Å². The van der Waals surface area contributed by atoms with E-state index < -0.39 is 22.0 Å². The molecule has 2 aromatic rings. The summed E-state index contributed by atoms with van der Waals surface area (Å²) in [5.74, 6) is 0.308. The number of ether oxygens (including phenoxy) is 2. The van der Waals surface area contributed by atoms with Crippen LogP contribution in [0.3, 0.4) is 0 Å². The van der Waals surface area contributed by atoms with Crippen molar-refractivity contribution in [3.63, 3.8) is 0 Å². The molecular weight excluding hydrogens is 617 g/mol. The third-order valence-electron chi connectivity index (χ3n) is 9.80. The molecule has 0 saturated heterocycles.